The molecule has 6 rings (SSSR count). The number of hydrogen-bond donors (Lipinski definition) is 7. The predicted octanol–water partition coefficient (Wildman–Crippen LogP) is 2.12. The summed E-state index contributed by atoms with van der Waals surface area (Å²) in [6, 6.07) is 13.5. The molecule has 2 aromatic carbocycles. The van der Waals surface area contributed by atoms with Crippen molar-refractivity contribution in [3.05, 3.63) is 59.1 Å². The first-order chi connectivity index (χ1) is 23.3. The standard InChI is InChI=1S/C28H33N7O12P2/c1-2-34-18-7-4-3-6-16(18)17-12-15(9-10-19(17)34)31-21(36)8-5-11-44-48(40,41)47-49(42,43)45-13-20-23(37)24(38)27(46-20)35-14-30-22-25(35)32-28(29)33-26(22)39/h3-4,6-7,9-10,12,14,20,23-24,27,37-38H,2,5,8,11,13H2,1H3,(H,31,36)(H,40,41)(H,42,43)(H3,29,32,33,39)/t20-,23-,24-,27-/m1/s1. The molecule has 1 aliphatic rings. The van der Waals surface area contributed by atoms with E-state index in [9.17, 15) is 38.7 Å². The van der Waals surface area contributed by atoms with Crippen LogP contribution in [0.15, 0.2) is 53.6 Å². The van der Waals surface area contributed by atoms with Crippen molar-refractivity contribution in [1.82, 2.24) is 24.1 Å². The molecule has 21 heteroatoms. The summed E-state index contributed by atoms with van der Waals surface area (Å²) < 4.78 is 47.4. The lowest BCUT2D eigenvalue weighted by molar-refractivity contribution is -0.116. The summed E-state index contributed by atoms with van der Waals surface area (Å²) in [5.41, 5.74) is 7.40. The second-order valence-electron chi connectivity index (χ2n) is 11.1. The van der Waals surface area contributed by atoms with Gasteiger partial charge in [-0.15, -0.1) is 0 Å². The Kier molecular flexibility index (Phi) is 9.76. The fourth-order valence-electron chi connectivity index (χ4n) is 5.68. The van der Waals surface area contributed by atoms with Gasteiger partial charge in [0.1, 0.15) is 18.3 Å². The maximum atomic E-state index is 12.6. The van der Waals surface area contributed by atoms with E-state index < -0.39 is 64.9 Å². The van der Waals surface area contributed by atoms with Gasteiger partial charge in [0.05, 0.1) is 19.5 Å². The van der Waals surface area contributed by atoms with E-state index in [1.54, 1.807) is 6.07 Å². The number of carbonyl (C=O) groups is 1. The number of aromatic nitrogens is 5. The molecule has 2 unspecified atom stereocenters. The molecule has 49 heavy (non-hydrogen) atoms. The number of nitrogens with one attached hydrogen (secondary N) is 2. The summed E-state index contributed by atoms with van der Waals surface area (Å²) in [7, 11) is -10.4. The fraction of sp³-hybridized carbons (Fsp3) is 0.357. The number of rotatable bonds is 13. The molecule has 4 heterocycles. The number of carbonyl (C=O) groups excluding carboxylic acids is 1. The lowest BCUT2D eigenvalue weighted by Gasteiger charge is -2.19. The number of imidazole rings is 1. The zero-order chi connectivity index (χ0) is 35.1. The molecule has 0 bridgehead atoms. The van der Waals surface area contributed by atoms with Gasteiger partial charge in [-0.1, -0.05) is 18.2 Å². The van der Waals surface area contributed by atoms with E-state index in [4.69, 9.17) is 19.5 Å². The summed E-state index contributed by atoms with van der Waals surface area (Å²) in [5, 5.41) is 25.8. The first-order valence-corrected chi connectivity index (χ1v) is 18.0. The van der Waals surface area contributed by atoms with Crippen LogP contribution in [0.1, 0.15) is 26.0 Å². The number of aromatic amines is 1. The third-order valence-corrected chi connectivity index (χ3v) is 10.5. The number of fused-ring (bicyclic) bond motifs is 4. The Morgan fingerprint density at radius 2 is 1.82 bits per heavy atom. The number of phosphoric ester groups is 2. The Morgan fingerprint density at radius 1 is 1.08 bits per heavy atom. The van der Waals surface area contributed by atoms with E-state index >= 15 is 0 Å². The van der Waals surface area contributed by atoms with Gasteiger partial charge in [-0.2, -0.15) is 9.29 Å². The number of amides is 1. The number of ether oxygens (including phenoxy) is 1. The minimum absolute atomic E-state index is 0.0373. The van der Waals surface area contributed by atoms with E-state index in [-0.39, 0.29) is 30.0 Å². The summed E-state index contributed by atoms with van der Waals surface area (Å²) in [4.78, 5) is 54.7. The van der Waals surface area contributed by atoms with Gasteiger partial charge in [0.25, 0.3) is 5.56 Å². The normalized spacial score (nSPS) is 22.1. The van der Waals surface area contributed by atoms with Crippen molar-refractivity contribution in [2.45, 2.75) is 50.8 Å². The Hall–Kier alpha value is -4.00. The lowest BCUT2D eigenvalue weighted by atomic mass is 10.1. The van der Waals surface area contributed by atoms with Crippen LogP contribution in [0.3, 0.4) is 0 Å². The molecule has 262 valence electrons. The van der Waals surface area contributed by atoms with Crippen molar-refractivity contribution in [1.29, 1.82) is 0 Å². The van der Waals surface area contributed by atoms with E-state index in [0.29, 0.717) is 5.69 Å². The molecule has 3 aromatic heterocycles. The molecule has 1 fully saturated rings. The van der Waals surface area contributed by atoms with Gasteiger partial charge in [0.2, 0.25) is 11.9 Å². The smallest absolute Gasteiger partial charge is 0.387 e. The van der Waals surface area contributed by atoms with E-state index in [0.717, 1.165) is 39.2 Å². The van der Waals surface area contributed by atoms with Gasteiger partial charge in [0, 0.05) is 40.5 Å². The summed E-state index contributed by atoms with van der Waals surface area (Å²) in [5.74, 6) is -0.632. The number of aliphatic hydroxyl groups excluding tert-OH is 2. The number of aryl methyl sites for hydroxylation is 1. The number of nitrogen functional groups attached to an aromatic ring is 1. The number of hydrogen-bond acceptors (Lipinski definition) is 13. The average Bonchev–Trinajstić information content (AvgIpc) is 3.69. The predicted molar refractivity (Wildman–Crippen MR) is 174 cm³/mol. The second kappa shape index (κ2) is 13.7. The minimum atomic E-state index is -5.28. The topological polar surface area (TPSA) is 276 Å². The first kappa shape index (κ1) is 34.8. The van der Waals surface area contributed by atoms with Gasteiger partial charge >= 0.3 is 15.6 Å². The van der Waals surface area contributed by atoms with Crippen LogP contribution in [0.25, 0.3) is 33.0 Å². The van der Waals surface area contributed by atoms with E-state index in [2.05, 4.69) is 36.1 Å². The number of aliphatic hydroxyl groups is 2. The fourth-order valence-corrected chi connectivity index (χ4v) is 7.79. The van der Waals surface area contributed by atoms with Gasteiger partial charge in [-0.3, -0.25) is 28.2 Å². The first-order valence-electron chi connectivity index (χ1n) is 15.0. The molecule has 1 amide bonds. The number of benzene rings is 2. The molecule has 8 N–H and O–H groups in total. The molecule has 0 aliphatic carbocycles. The van der Waals surface area contributed by atoms with Crippen molar-refractivity contribution in [2.24, 2.45) is 0 Å². The van der Waals surface area contributed by atoms with Crippen molar-refractivity contribution >= 4 is 66.2 Å². The molecular weight excluding hydrogens is 688 g/mol. The number of nitrogens with zero attached hydrogens (tertiary/aromatic N) is 4. The van der Waals surface area contributed by atoms with E-state index in [1.165, 1.54) is 0 Å². The third kappa shape index (κ3) is 7.32. The Bertz CT molecular complexity index is 2190. The summed E-state index contributed by atoms with van der Waals surface area (Å²) in [6.45, 7) is 1.47. The summed E-state index contributed by atoms with van der Waals surface area (Å²) in [6.07, 6.45) is -5.15. The van der Waals surface area contributed by atoms with Crippen LogP contribution >= 0.6 is 15.6 Å². The molecular formula is C28H33N7O12P2. The van der Waals surface area contributed by atoms with Crippen LogP contribution in [-0.4, -0.2) is 81.5 Å². The van der Waals surface area contributed by atoms with Crippen LogP contribution < -0.4 is 16.6 Å². The highest BCUT2D eigenvalue weighted by Crippen LogP contribution is 2.60. The van der Waals surface area contributed by atoms with Crippen LogP contribution in [-0.2, 0) is 38.6 Å². The molecule has 6 atom stereocenters. The Balaban J connectivity index is 0.977. The molecule has 0 radical (unpaired) electrons. The number of phosphoric acid groups is 2. The van der Waals surface area contributed by atoms with Crippen LogP contribution in [0.2, 0.25) is 0 Å². The average molecular weight is 722 g/mol. The van der Waals surface area contributed by atoms with Crippen LogP contribution in [0.5, 0.6) is 0 Å². The molecule has 1 saturated heterocycles. The van der Waals surface area contributed by atoms with E-state index in [1.807, 2.05) is 36.4 Å². The van der Waals surface area contributed by atoms with Crippen LogP contribution in [0.4, 0.5) is 11.6 Å². The zero-order valence-electron chi connectivity index (χ0n) is 25.8. The third-order valence-electron chi connectivity index (χ3n) is 7.85. The number of H-pyrrole nitrogens is 1. The molecule has 19 nitrogen and oxygen atoms in total. The largest absolute Gasteiger partial charge is 0.481 e. The van der Waals surface area contributed by atoms with Crippen molar-refractivity contribution in [3.8, 4) is 0 Å². The quantitative estimate of drug-likeness (QED) is 0.0677. The highest BCUT2D eigenvalue weighted by molar-refractivity contribution is 7.61. The summed E-state index contributed by atoms with van der Waals surface area (Å²) >= 11 is 0. The Labute approximate surface area is 276 Å². The number of para-hydroxylation sites is 1. The number of nitrogens with two attached hydrogens (primary N) is 1. The molecule has 1 aliphatic heterocycles. The SMILES string of the molecule is CCn1c2ccccc2c2cc(NC(=O)CCCOP(=O)(O)OP(=O)(O)OC[C@H]3O[C@@H](n4cnc5c(=O)[nH]c(N)nc54)[C@H](O)[C@@H]3O)ccc21. The van der Waals surface area contributed by atoms with Crippen molar-refractivity contribution in [2.75, 3.05) is 24.3 Å². The zero-order valence-corrected chi connectivity index (χ0v) is 27.6. The monoisotopic (exact) mass is 721 g/mol. The van der Waals surface area contributed by atoms with Gasteiger partial charge in [-0.25, -0.2) is 14.1 Å². The second-order valence-corrected chi connectivity index (χ2v) is 14.2. The van der Waals surface area contributed by atoms with Crippen LogP contribution in [0, 0.1) is 0 Å². The van der Waals surface area contributed by atoms with Crippen molar-refractivity contribution < 1.29 is 52.0 Å². The Morgan fingerprint density at radius 3 is 2.59 bits per heavy atom. The lowest BCUT2D eigenvalue weighted by Crippen LogP contribution is -2.33. The maximum Gasteiger partial charge on any atom is 0.481 e. The van der Waals surface area contributed by atoms with Gasteiger partial charge in [0.15, 0.2) is 17.4 Å². The van der Waals surface area contributed by atoms with Crippen molar-refractivity contribution in [3.63, 3.8) is 0 Å². The van der Waals surface area contributed by atoms with Gasteiger partial charge in [-0.05, 0) is 37.6 Å². The minimum Gasteiger partial charge on any atom is -0.387 e. The molecule has 0 spiro atoms. The maximum absolute atomic E-state index is 12.6. The molecule has 5 aromatic rings. The highest BCUT2D eigenvalue weighted by atomic mass is 31.3. The molecule has 0 saturated carbocycles. The highest BCUT2D eigenvalue weighted by Gasteiger charge is 2.46. The number of anilines is 2. The van der Waals surface area contributed by atoms with Gasteiger partial charge < -0.3 is 40.4 Å².